The maximum atomic E-state index is 5.26. The number of nitrogens with zero attached hydrogens (tertiary/aromatic N) is 3. The number of imidazole rings is 1. The highest BCUT2D eigenvalue weighted by Gasteiger charge is 2.04. The van der Waals surface area contributed by atoms with Crippen LogP contribution in [-0.2, 0) is 13.1 Å². The molecule has 2 rings (SSSR count). The molecule has 0 aliphatic rings. The van der Waals surface area contributed by atoms with Crippen molar-refractivity contribution in [3.8, 4) is 12.3 Å². The van der Waals surface area contributed by atoms with E-state index in [1.165, 1.54) is 5.56 Å². The Kier molecular flexibility index (Phi) is 8.83. The third-order valence-corrected chi connectivity index (χ3v) is 3.08. The molecule has 0 unspecified atom stereocenters. The zero-order valence-corrected chi connectivity index (χ0v) is 15.5. The summed E-state index contributed by atoms with van der Waals surface area (Å²) < 4.78 is 2.10. The van der Waals surface area contributed by atoms with Crippen LogP contribution in [0.15, 0.2) is 47.7 Å². The molecule has 0 atom stereocenters. The Labute approximate surface area is 154 Å². The number of hydrogen-bond donors (Lipinski definition) is 2. The van der Waals surface area contributed by atoms with Crippen molar-refractivity contribution >= 4 is 29.9 Å². The Balaban J connectivity index is 0.00000264. The van der Waals surface area contributed by atoms with Crippen molar-refractivity contribution in [3.63, 3.8) is 0 Å². The van der Waals surface area contributed by atoms with Crippen LogP contribution in [0.5, 0.6) is 0 Å². The summed E-state index contributed by atoms with van der Waals surface area (Å²) in [6, 6.07) is 10.3. The zero-order chi connectivity index (χ0) is 15.6. The number of halogens is 1. The number of rotatable bonds is 6. The van der Waals surface area contributed by atoms with Gasteiger partial charge in [-0.1, -0.05) is 36.3 Å². The van der Waals surface area contributed by atoms with Crippen LogP contribution in [0.25, 0.3) is 0 Å². The van der Waals surface area contributed by atoms with Crippen molar-refractivity contribution in [1.82, 2.24) is 20.2 Å². The van der Waals surface area contributed by atoms with Crippen molar-refractivity contribution in [1.29, 1.82) is 0 Å². The Morgan fingerprint density at radius 1 is 1.30 bits per heavy atom. The van der Waals surface area contributed by atoms with Crippen molar-refractivity contribution in [2.24, 2.45) is 4.99 Å². The summed E-state index contributed by atoms with van der Waals surface area (Å²) in [5, 5.41) is 6.22. The predicted octanol–water partition coefficient (Wildman–Crippen LogP) is 2.24. The van der Waals surface area contributed by atoms with E-state index in [0.717, 1.165) is 18.9 Å². The van der Waals surface area contributed by atoms with Gasteiger partial charge in [0.25, 0.3) is 0 Å². The van der Waals surface area contributed by atoms with Crippen LogP contribution in [0.4, 0.5) is 0 Å². The molecule has 122 valence electrons. The SMILES string of the molecule is C#CCNC(=NCc1nccn1Cc1ccccc1)NCC.I. The van der Waals surface area contributed by atoms with Crippen LogP contribution >= 0.6 is 24.0 Å². The molecular weight excluding hydrogens is 401 g/mol. The van der Waals surface area contributed by atoms with Gasteiger partial charge < -0.3 is 15.2 Å². The molecule has 1 aromatic carbocycles. The minimum absolute atomic E-state index is 0. The van der Waals surface area contributed by atoms with Gasteiger partial charge in [-0.15, -0.1) is 30.4 Å². The average molecular weight is 423 g/mol. The van der Waals surface area contributed by atoms with Gasteiger partial charge in [0.2, 0.25) is 0 Å². The Morgan fingerprint density at radius 3 is 2.78 bits per heavy atom. The number of aromatic nitrogens is 2. The molecule has 0 bridgehead atoms. The second-order valence-corrected chi connectivity index (χ2v) is 4.71. The van der Waals surface area contributed by atoms with E-state index in [-0.39, 0.29) is 24.0 Å². The number of terminal acetylenes is 1. The Bertz CT molecular complexity index is 643. The van der Waals surface area contributed by atoms with Crippen LogP contribution in [0, 0.1) is 12.3 Å². The molecule has 6 heteroatoms. The quantitative estimate of drug-likeness (QED) is 0.324. The number of benzene rings is 1. The fraction of sp³-hybridized carbons (Fsp3) is 0.294. The first kappa shape index (κ1) is 19.0. The van der Waals surface area contributed by atoms with Crippen LogP contribution in [-0.4, -0.2) is 28.6 Å². The lowest BCUT2D eigenvalue weighted by Crippen LogP contribution is -2.37. The lowest BCUT2D eigenvalue weighted by atomic mass is 10.2. The van der Waals surface area contributed by atoms with Crippen LogP contribution < -0.4 is 10.6 Å². The molecule has 1 aromatic heterocycles. The zero-order valence-electron chi connectivity index (χ0n) is 13.2. The molecule has 0 radical (unpaired) electrons. The topological polar surface area (TPSA) is 54.2 Å². The van der Waals surface area contributed by atoms with Gasteiger partial charge in [-0.2, -0.15) is 0 Å². The molecular formula is C17H22IN5. The minimum atomic E-state index is 0. The normalized spacial score (nSPS) is 10.5. The molecule has 0 spiro atoms. The number of guanidine groups is 1. The molecule has 0 amide bonds. The van der Waals surface area contributed by atoms with E-state index in [2.05, 4.69) is 43.2 Å². The van der Waals surface area contributed by atoms with Crippen molar-refractivity contribution in [3.05, 3.63) is 54.1 Å². The van der Waals surface area contributed by atoms with Crippen LogP contribution in [0.1, 0.15) is 18.3 Å². The maximum Gasteiger partial charge on any atom is 0.192 e. The molecule has 0 saturated heterocycles. The molecule has 1 heterocycles. The molecule has 0 fully saturated rings. The summed E-state index contributed by atoms with van der Waals surface area (Å²) in [6.45, 7) is 4.54. The van der Waals surface area contributed by atoms with Gasteiger partial charge in [0.05, 0.1) is 6.54 Å². The first-order chi connectivity index (χ1) is 10.8. The average Bonchev–Trinajstić information content (AvgIpc) is 2.98. The van der Waals surface area contributed by atoms with E-state index in [9.17, 15) is 0 Å². The summed E-state index contributed by atoms with van der Waals surface area (Å²) in [4.78, 5) is 8.90. The van der Waals surface area contributed by atoms with Gasteiger partial charge >= 0.3 is 0 Å². The smallest absolute Gasteiger partial charge is 0.192 e. The second-order valence-electron chi connectivity index (χ2n) is 4.71. The standard InChI is InChI=1S/C17H21N5.HI/c1-3-10-20-17(18-4-2)21-13-16-19-11-12-22(16)14-15-8-6-5-7-9-15;/h1,5-9,11-12H,4,10,13-14H2,2H3,(H2,18,20,21);1H. The van der Waals surface area contributed by atoms with E-state index in [0.29, 0.717) is 19.0 Å². The molecule has 0 aliphatic heterocycles. The van der Waals surface area contributed by atoms with Crippen molar-refractivity contribution in [2.45, 2.75) is 20.0 Å². The van der Waals surface area contributed by atoms with E-state index in [4.69, 9.17) is 6.42 Å². The van der Waals surface area contributed by atoms with Gasteiger partial charge in [-0.25, -0.2) is 9.98 Å². The molecule has 5 nitrogen and oxygen atoms in total. The second kappa shape index (κ2) is 10.7. The highest BCUT2D eigenvalue weighted by Crippen LogP contribution is 2.06. The molecule has 0 aliphatic carbocycles. The van der Waals surface area contributed by atoms with Gasteiger partial charge in [0.1, 0.15) is 12.4 Å². The number of nitrogens with one attached hydrogen (secondary N) is 2. The molecule has 2 aromatic rings. The summed E-state index contributed by atoms with van der Waals surface area (Å²) in [5.41, 5.74) is 1.24. The highest BCUT2D eigenvalue weighted by atomic mass is 127. The lowest BCUT2D eigenvalue weighted by molar-refractivity contribution is 0.719. The van der Waals surface area contributed by atoms with E-state index < -0.39 is 0 Å². The van der Waals surface area contributed by atoms with Crippen LogP contribution in [0.2, 0.25) is 0 Å². The summed E-state index contributed by atoms with van der Waals surface area (Å²) >= 11 is 0. The summed E-state index contributed by atoms with van der Waals surface area (Å²) in [6.07, 6.45) is 9.04. The highest BCUT2D eigenvalue weighted by molar-refractivity contribution is 14.0. The minimum Gasteiger partial charge on any atom is -0.357 e. The summed E-state index contributed by atoms with van der Waals surface area (Å²) in [5.74, 6) is 4.16. The number of aliphatic imine (C=N–C) groups is 1. The van der Waals surface area contributed by atoms with Crippen molar-refractivity contribution in [2.75, 3.05) is 13.1 Å². The van der Waals surface area contributed by atoms with Gasteiger partial charge in [-0.05, 0) is 12.5 Å². The van der Waals surface area contributed by atoms with Gasteiger partial charge in [0.15, 0.2) is 5.96 Å². The number of hydrogen-bond acceptors (Lipinski definition) is 2. The third-order valence-electron chi connectivity index (χ3n) is 3.08. The molecule has 2 N–H and O–H groups in total. The monoisotopic (exact) mass is 423 g/mol. The molecule has 0 saturated carbocycles. The van der Waals surface area contributed by atoms with Crippen LogP contribution in [0.3, 0.4) is 0 Å². The third kappa shape index (κ3) is 6.32. The maximum absolute atomic E-state index is 5.26. The fourth-order valence-corrected chi connectivity index (χ4v) is 2.04. The van der Waals surface area contributed by atoms with Gasteiger partial charge in [-0.3, -0.25) is 0 Å². The predicted molar refractivity (Wildman–Crippen MR) is 105 cm³/mol. The fourth-order valence-electron chi connectivity index (χ4n) is 2.04. The van der Waals surface area contributed by atoms with Crippen molar-refractivity contribution < 1.29 is 0 Å². The Hall–Kier alpha value is -2.01. The largest absolute Gasteiger partial charge is 0.357 e. The van der Waals surface area contributed by atoms with E-state index in [1.807, 2.05) is 31.3 Å². The first-order valence-corrected chi connectivity index (χ1v) is 7.33. The lowest BCUT2D eigenvalue weighted by Gasteiger charge is -2.10. The van der Waals surface area contributed by atoms with E-state index in [1.54, 1.807) is 6.20 Å². The first-order valence-electron chi connectivity index (χ1n) is 7.33. The Morgan fingerprint density at radius 2 is 2.09 bits per heavy atom. The molecule has 23 heavy (non-hydrogen) atoms. The van der Waals surface area contributed by atoms with Gasteiger partial charge in [0, 0.05) is 25.5 Å². The van der Waals surface area contributed by atoms with E-state index >= 15 is 0 Å². The summed E-state index contributed by atoms with van der Waals surface area (Å²) in [7, 11) is 0.